The van der Waals surface area contributed by atoms with E-state index < -0.39 is 11.7 Å². The van der Waals surface area contributed by atoms with E-state index in [0.717, 1.165) is 10.1 Å². The highest BCUT2D eigenvalue weighted by Gasteiger charge is 2.07. The normalized spacial score (nSPS) is 9.80. The van der Waals surface area contributed by atoms with Crippen LogP contribution in [0.15, 0.2) is 46.6 Å². The molecule has 0 radical (unpaired) electrons. The second kappa shape index (κ2) is 6.67. The summed E-state index contributed by atoms with van der Waals surface area (Å²) in [5, 5.41) is 11.9. The SMILES string of the molecule is Cl.N=NCc1ccc(-n2ccn(CC(=O)O)c2=O)cc1. The van der Waals surface area contributed by atoms with Gasteiger partial charge >= 0.3 is 11.7 Å². The Labute approximate surface area is 120 Å². The minimum absolute atomic E-state index is 0. The van der Waals surface area contributed by atoms with Crippen molar-refractivity contribution < 1.29 is 9.90 Å². The van der Waals surface area contributed by atoms with E-state index in [9.17, 15) is 9.59 Å². The molecule has 2 rings (SSSR count). The first-order valence-corrected chi connectivity index (χ1v) is 5.54. The average molecular weight is 297 g/mol. The summed E-state index contributed by atoms with van der Waals surface area (Å²) in [6.45, 7) is -0.0587. The van der Waals surface area contributed by atoms with Gasteiger partial charge in [-0.25, -0.2) is 10.3 Å². The fourth-order valence-corrected chi connectivity index (χ4v) is 1.73. The van der Waals surface area contributed by atoms with Crippen molar-refractivity contribution in [1.29, 1.82) is 5.53 Å². The zero-order chi connectivity index (χ0) is 13.8. The Morgan fingerprint density at radius 3 is 2.45 bits per heavy atom. The fourth-order valence-electron chi connectivity index (χ4n) is 1.73. The molecule has 20 heavy (non-hydrogen) atoms. The van der Waals surface area contributed by atoms with Gasteiger partial charge in [0.2, 0.25) is 0 Å². The van der Waals surface area contributed by atoms with Gasteiger partial charge in [-0.1, -0.05) is 12.1 Å². The molecule has 1 aromatic carbocycles. The van der Waals surface area contributed by atoms with Crippen molar-refractivity contribution >= 4 is 18.4 Å². The Bertz CT molecular complexity index is 660. The van der Waals surface area contributed by atoms with Gasteiger partial charge in [-0.05, 0) is 17.7 Å². The molecule has 0 atom stereocenters. The van der Waals surface area contributed by atoms with Crippen molar-refractivity contribution in [2.45, 2.75) is 13.1 Å². The third-order valence-corrected chi connectivity index (χ3v) is 2.63. The third-order valence-electron chi connectivity index (χ3n) is 2.63. The molecule has 2 aromatic rings. The summed E-state index contributed by atoms with van der Waals surface area (Å²) in [7, 11) is 0. The van der Waals surface area contributed by atoms with Crippen molar-refractivity contribution in [2.75, 3.05) is 0 Å². The van der Waals surface area contributed by atoms with Gasteiger partial charge in [0, 0.05) is 12.4 Å². The molecule has 0 saturated heterocycles. The van der Waals surface area contributed by atoms with Crippen LogP contribution in [-0.4, -0.2) is 20.2 Å². The van der Waals surface area contributed by atoms with Crippen molar-refractivity contribution in [3.8, 4) is 5.69 Å². The molecule has 7 nitrogen and oxygen atoms in total. The number of aliphatic carboxylic acids is 1. The van der Waals surface area contributed by atoms with E-state index in [1.165, 1.54) is 17.0 Å². The maximum atomic E-state index is 11.9. The van der Waals surface area contributed by atoms with Crippen LogP contribution in [0, 0.1) is 5.53 Å². The highest BCUT2D eigenvalue weighted by atomic mass is 35.5. The lowest BCUT2D eigenvalue weighted by atomic mass is 10.2. The number of nitrogens with zero attached hydrogens (tertiary/aromatic N) is 3. The van der Waals surface area contributed by atoms with Crippen molar-refractivity contribution in [3.63, 3.8) is 0 Å². The quantitative estimate of drug-likeness (QED) is 0.821. The first-order chi connectivity index (χ1) is 9.11. The first-order valence-electron chi connectivity index (χ1n) is 5.54. The lowest BCUT2D eigenvalue weighted by Gasteiger charge is -2.02. The molecule has 106 valence electrons. The molecule has 2 N–H and O–H groups in total. The van der Waals surface area contributed by atoms with E-state index in [0.29, 0.717) is 12.2 Å². The molecule has 0 saturated carbocycles. The number of halogens is 1. The summed E-state index contributed by atoms with van der Waals surface area (Å²) < 4.78 is 2.49. The van der Waals surface area contributed by atoms with E-state index in [1.807, 2.05) is 0 Å². The maximum absolute atomic E-state index is 11.9. The average Bonchev–Trinajstić information content (AvgIpc) is 2.72. The van der Waals surface area contributed by atoms with Crippen molar-refractivity contribution in [3.05, 3.63) is 52.7 Å². The lowest BCUT2D eigenvalue weighted by Crippen LogP contribution is -2.25. The van der Waals surface area contributed by atoms with Crippen LogP contribution in [0.4, 0.5) is 0 Å². The zero-order valence-electron chi connectivity index (χ0n) is 10.4. The standard InChI is InChI=1S/C12H12N4O3.ClH/c13-14-7-9-1-3-10(4-2-9)16-6-5-15(12(16)19)8-11(17)18;/h1-6,13H,7-8H2,(H,17,18);1H. The van der Waals surface area contributed by atoms with E-state index in [-0.39, 0.29) is 19.0 Å². The Balaban J connectivity index is 0.00000200. The van der Waals surface area contributed by atoms with Crippen LogP contribution in [0.3, 0.4) is 0 Å². The minimum atomic E-state index is -1.06. The molecule has 0 spiro atoms. The van der Waals surface area contributed by atoms with Gasteiger partial charge in [-0.15, -0.1) is 12.4 Å². The number of hydrogen-bond donors (Lipinski definition) is 2. The monoisotopic (exact) mass is 296 g/mol. The van der Waals surface area contributed by atoms with Crippen LogP contribution in [0.25, 0.3) is 5.69 Å². The second-order valence-electron chi connectivity index (χ2n) is 3.96. The van der Waals surface area contributed by atoms with E-state index in [2.05, 4.69) is 5.11 Å². The molecule has 1 aromatic heterocycles. The van der Waals surface area contributed by atoms with Crippen molar-refractivity contribution in [2.24, 2.45) is 5.11 Å². The van der Waals surface area contributed by atoms with Crippen LogP contribution < -0.4 is 5.69 Å². The van der Waals surface area contributed by atoms with Gasteiger partial charge in [0.1, 0.15) is 6.54 Å². The summed E-state index contributed by atoms with van der Waals surface area (Å²) in [5.74, 6) is -1.06. The Morgan fingerprint density at radius 2 is 1.90 bits per heavy atom. The number of aromatic nitrogens is 2. The highest BCUT2D eigenvalue weighted by molar-refractivity contribution is 5.85. The van der Waals surface area contributed by atoms with Gasteiger partial charge in [0.15, 0.2) is 0 Å². The smallest absolute Gasteiger partial charge is 0.333 e. The van der Waals surface area contributed by atoms with Crippen LogP contribution >= 0.6 is 12.4 Å². The summed E-state index contributed by atoms with van der Waals surface area (Å²) in [6.07, 6.45) is 2.96. The van der Waals surface area contributed by atoms with Crippen LogP contribution in [-0.2, 0) is 17.9 Å². The Hall–Kier alpha value is -2.41. The van der Waals surface area contributed by atoms with Gasteiger partial charge < -0.3 is 5.11 Å². The van der Waals surface area contributed by atoms with Crippen LogP contribution in [0.1, 0.15) is 5.56 Å². The van der Waals surface area contributed by atoms with Crippen LogP contribution in [0.5, 0.6) is 0 Å². The molecule has 1 heterocycles. The number of carboxylic acids is 1. The molecule has 0 aliphatic heterocycles. The lowest BCUT2D eigenvalue weighted by molar-refractivity contribution is -0.137. The summed E-state index contributed by atoms with van der Waals surface area (Å²) >= 11 is 0. The Kier molecular flexibility index (Phi) is 5.22. The number of nitrogens with one attached hydrogen (secondary N) is 1. The van der Waals surface area contributed by atoms with Gasteiger partial charge in [0.05, 0.1) is 12.2 Å². The molecule has 0 bridgehead atoms. The van der Waals surface area contributed by atoms with Crippen molar-refractivity contribution in [1.82, 2.24) is 9.13 Å². The van der Waals surface area contributed by atoms with Crippen LogP contribution in [0.2, 0.25) is 0 Å². The predicted molar refractivity (Wildman–Crippen MR) is 73.8 cm³/mol. The Morgan fingerprint density at radius 1 is 1.25 bits per heavy atom. The maximum Gasteiger partial charge on any atom is 0.333 e. The summed E-state index contributed by atoms with van der Waals surface area (Å²) in [4.78, 5) is 22.5. The molecule has 0 amide bonds. The minimum Gasteiger partial charge on any atom is -0.480 e. The van der Waals surface area contributed by atoms with Gasteiger partial charge in [-0.2, -0.15) is 5.11 Å². The molecule has 8 heteroatoms. The molecular weight excluding hydrogens is 284 g/mol. The first kappa shape index (κ1) is 15.6. The third kappa shape index (κ3) is 3.33. The topological polar surface area (TPSA) is 100 Å². The second-order valence-corrected chi connectivity index (χ2v) is 3.96. The molecule has 0 aliphatic carbocycles. The van der Waals surface area contributed by atoms with E-state index >= 15 is 0 Å². The molecular formula is C12H13ClN4O3. The fraction of sp³-hybridized carbons (Fsp3) is 0.167. The number of carbonyl (C=O) groups is 1. The number of imidazole rings is 1. The number of benzene rings is 1. The molecule has 0 aliphatic rings. The van der Waals surface area contributed by atoms with Gasteiger partial charge in [0.25, 0.3) is 0 Å². The molecule has 0 unspecified atom stereocenters. The van der Waals surface area contributed by atoms with Gasteiger partial charge in [-0.3, -0.25) is 13.9 Å². The highest BCUT2D eigenvalue weighted by Crippen LogP contribution is 2.08. The van der Waals surface area contributed by atoms with E-state index in [1.54, 1.807) is 24.3 Å². The number of hydrogen-bond acceptors (Lipinski definition) is 4. The summed E-state index contributed by atoms with van der Waals surface area (Å²) in [6, 6.07) is 7.00. The molecule has 0 fully saturated rings. The zero-order valence-corrected chi connectivity index (χ0v) is 11.2. The number of rotatable bonds is 5. The predicted octanol–water partition coefficient (Wildman–Crippen LogP) is 1.68. The van der Waals surface area contributed by atoms with E-state index in [4.69, 9.17) is 10.6 Å². The number of carboxylic acid groups (broad SMARTS) is 1. The largest absolute Gasteiger partial charge is 0.480 e. The summed E-state index contributed by atoms with van der Waals surface area (Å²) in [5.41, 5.74) is 7.88.